The van der Waals surface area contributed by atoms with E-state index in [1.165, 1.54) is 12.8 Å². The number of likely N-dealkylation sites (tertiary alicyclic amines) is 1. The van der Waals surface area contributed by atoms with Crippen LogP contribution in [-0.4, -0.2) is 52.9 Å². The van der Waals surface area contributed by atoms with Crippen LogP contribution in [0.1, 0.15) is 39.5 Å². The predicted octanol–water partition coefficient (Wildman–Crippen LogP) is 1.39. The molecule has 1 saturated heterocycles. The standard InChI is InChI=1S/C13H25N3OS/c1-11(2)16(9-12(14)18)10-13(17)15-7-5-3-4-6-8-15/h11H,3-10H2,1-2H3,(H2,14,18). The second-order valence-corrected chi connectivity index (χ2v) is 5.78. The van der Waals surface area contributed by atoms with E-state index < -0.39 is 0 Å². The van der Waals surface area contributed by atoms with E-state index in [0.717, 1.165) is 25.9 Å². The number of nitrogens with two attached hydrogens (primary N) is 1. The topological polar surface area (TPSA) is 49.6 Å². The summed E-state index contributed by atoms with van der Waals surface area (Å²) in [6, 6.07) is 0.280. The molecular weight excluding hydrogens is 246 g/mol. The van der Waals surface area contributed by atoms with E-state index in [9.17, 15) is 4.79 Å². The number of nitrogens with zero attached hydrogens (tertiary/aromatic N) is 2. The summed E-state index contributed by atoms with van der Waals surface area (Å²) < 4.78 is 0. The van der Waals surface area contributed by atoms with Gasteiger partial charge in [-0.2, -0.15) is 0 Å². The molecule has 0 bridgehead atoms. The average molecular weight is 271 g/mol. The van der Waals surface area contributed by atoms with Gasteiger partial charge in [0.1, 0.15) is 0 Å². The molecule has 0 aromatic heterocycles. The molecule has 1 aliphatic rings. The SMILES string of the molecule is CC(C)N(CC(=O)N1CCCCCC1)CC(N)=S. The van der Waals surface area contributed by atoms with Gasteiger partial charge in [-0.05, 0) is 26.7 Å². The Morgan fingerprint density at radius 2 is 1.78 bits per heavy atom. The van der Waals surface area contributed by atoms with Gasteiger partial charge in [0.05, 0.1) is 11.5 Å². The molecular formula is C13H25N3OS. The molecule has 5 heteroatoms. The molecule has 0 spiro atoms. The lowest BCUT2D eigenvalue weighted by Crippen LogP contribution is -2.46. The fraction of sp³-hybridized carbons (Fsp3) is 0.846. The fourth-order valence-electron chi connectivity index (χ4n) is 2.22. The van der Waals surface area contributed by atoms with E-state index in [0.29, 0.717) is 18.1 Å². The fourth-order valence-corrected chi connectivity index (χ4v) is 2.38. The lowest BCUT2D eigenvalue weighted by molar-refractivity contribution is -0.132. The number of thiocarbonyl (C=S) groups is 1. The van der Waals surface area contributed by atoms with Crippen LogP contribution in [0.5, 0.6) is 0 Å². The lowest BCUT2D eigenvalue weighted by Gasteiger charge is -2.28. The van der Waals surface area contributed by atoms with E-state index in [2.05, 4.69) is 13.8 Å². The highest BCUT2D eigenvalue weighted by Gasteiger charge is 2.20. The molecule has 0 atom stereocenters. The third-order valence-electron chi connectivity index (χ3n) is 3.39. The number of rotatable bonds is 5. The Morgan fingerprint density at radius 3 is 2.22 bits per heavy atom. The summed E-state index contributed by atoms with van der Waals surface area (Å²) in [6.07, 6.45) is 4.74. The van der Waals surface area contributed by atoms with Crippen molar-refractivity contribution >= 4 is 23.1 Å². The van der Waals surface area contributed by atoms with Crippen molar-refractivity contribution in [2.75, 3.05) is 26.2 Å². The molecule has 104 valence electrons. The molecule has 0 radical (unpaired) electrons. The second-order valence-electron chi connectivity index (χ2n) is 5.26. The molecule has 2 N–H and O–H groups in total. The third-order valence-corrected chi connectivity index (χ3v) is 3.52. The van der Waals surface area contributed by atoms with Crippen LogP contribution in [0.25, 0.3) is 0 Å². The maximum Gasteiger partial charge on any atom is 0.236 e. The summed E-state index contributed by atoms with van der Waals surface area (Å²) in [5, 5.41) is 0. The Bertz CT molecular complexity index is 286. The maximum absolute atomic E-state index is 12.2. The molecule has 1 fully saturated rings. The first-order chi connectivity index (χ1) is 8.50. The average Bonchev–Trinajstić information content (AvgIpc) is 2.55. The first-order valence-corrected chi connectivity index (χ1v) is 7.21. The summed E-state index contributed by atoms with van der Waals surface area (Å²) in [4.78, 5) is 16.7. The summed E-state index contributed by atoms with van der Waals surface area (Å²) in [7, 11) is 0. The Balaban J connectivity index is 2.51. The number of carbonyl (C=O) groups is 1. The highest BCUT2D eigenvalue weighted by molar-refractivity contribution is 7.80. The van der Waals surface area contributed by atoms with E-state index in [1.54, 1.807) is 0 Å². The van der Waals surface area contributed by atoms with Crippen molar-refractivity contribution in [3.63, 3.8) is 0 Å². The molecule has 1 amide bonds. The third kappa shape index (κ3) is 5.31. The largest absolute Gasteiger partial charge is 0.392 e. The van der Waals surface area contributed by atoms with Gasteiger partial charge in [0.2, 0.25) is 5.91 Å². The van der Waals surface area contributed by atoms with Crippen LogP contribution in [0.4, 0.5) is 0 Å². The van der Waals surface area contributed by atoms with E-state index >= 15 is 0 Å². The van der Waals surface area contributed by atoms with Crippen LogP contribution >= 0.6 is 12.2 Å². The monoisotopic (exact) mass is 271 g/mol. The van der Waals surface area contributed by atoms with Gasteiger partial charge in [-0.25, -0.2) is 0 Å². The minimum absolute atomic E-state index is 0.210. The Kier molecular flexibility index (Phi) is 6.57. The highest BCUT2D eigenvalue weighted by Crippen LogP contribution is 2.10. The molecule has 0 aliphatic carbocycles. The Morgan fingerprint density at radius 1 is 1.22 bits per heavy atom. The molecule has 4 nitrogen and oxygen atoms in total. The number of hydrogen-bond acceptors (Lipinski definition) is 3. The molecule has 0 unspecified atom stereocenters. The van der Waals surface area contributed by atoms with Crippen molar-refractivity contribution in [2.45, 2.75) is 45.6 Å². The van der Waals surface area contributed by atoms with Gasteiger partial charge in [0, 0.05) is 25.7 Å². The van der Waals surface area contributed by atoms with Crippen LogP contribution in [0, 0.1) is 0 Å². The van der Waals surface area contributed by atoms with Gasteiger partial charge in [0.15, 0.2) is 0 Å². The van der Waals surface area contributed by atoms with E-state index in [-0.39, 0.29) is 11.9 Å². The van der Waals surface area contributed by atoms with Gasteiger partial charge in [0.25, 0.3) is 0 Å². The van der Waals surface area contributed by atoms with Gasteiger partial charge >= 0.3 is 0 Å². The Labute approximate surface area is 115 Å². The van der Waals surface area contributed by atoms with Crippen molar-refractivity contribution < 1.29 is 4.79 Å². The molecule has 0 saturated carbocycles. The summed E-state index contributed by atoms with van der Waals surface area (Å²) in [6.45, 7) is 6.87. The smallest absolute Gasteiger partial charge is 0.236 e. The highest BCUT2D eigenvalue weighted by atomic mass is 32.1. The van der Waals surface area contributed by atoms with Crippen molar-refractivity contribution in [1.82, 2.24) is 9.80 Å². The number of amides is 1. The summed E-state index contributed by atoms with van der Waals surface area (Å²) in [5.74, 6) is 0.210. The van der Waals surface area contributed by atoms with Crippen LogP contribution in [-0.2, 0) is 4.79 Å². The molecule has 1 rings (SSSR count). The van der Waals surface area contributed by atoms with Gasteiger partial charge in [-0.15, -0.1) is 0 Å². The minimum Gasteiger partial charge on any atom is -0.392 e. The first kappa shape index (κ1) is 15.4. The number of carbonyl (C=O) groups excluding carboxylic acids is 1. The quantitative estimate of drug-likeness (QED) is 0.768. The summed E-state index contributed by atoms with van der Waals surface area (Å²) >= 11 is 4.93. The zero-order valence-corrected chi connectivity index (χ0v) is 12.3. The van der Waals surface area contributed by atoms with Crippen molar-refractivity contribution in [1.29, 1.82) is 0 Å². The molecule has 18 heavy (non-hydrogen) atoms. The van der Waals surface area contributed by atoms with Gasteiger partial charge in [-0.1, -0.05) is 25.1 Å². The maximum atomic E-state index is 12.2. The number of hydrogen-bond donors (Lipinski definition) is 1. The van der Waals surface area contributed by atoms with Crippen LogP contribution in [0.3, 0.4) is 0 Å². The van der Waals surface area contributed by atoms with Crippen molar-refractivity contribution in [2.24, 2.45) is 5.73 Å². The Hall–Kier alpha value is -0.680. The minimum atomic E-state index is 0.210. The van der Waals surface area contributed by atoms with Crippen LogP contribution in [0.2, 0.25) is 0 Å². The second kappa shape index (κ2) is 7.69. The molecule has 0 aromatic carbocycles. The van der Waals surface area contributed by atoms with E-state index in [1.807, 2.05) is 9.80 Å². The lowest BCUT2D eigenvalue weighted by atomic mass is 10.2. The zero-order chi connectivity index (χ0) is 13.5. The van der Waals surface area contributed by atoms with E-state index in [4.69, 9.17) is 18.0 Å². The first-order valence-electron chi connectivity index (χ1n) is 6.81. The predicted molar refractivity (Wildman–Crippen MR) is 78.5 cm³/mol. The zero-order valence-electron chi connectivity index (χ0n) is 11.5. The van der Waals surface area contributed by atoms with Crippen molar-refractivity contribution in [3.05, 3.63) is 0 Å². The molecule has 1 heterocycles. The van der Waals surface area contributed by atoms with Gasteiger partial charge < -0.3 is 10.6 Å². The normalized spacial score (nSPS) is 17.0. The summed E-state index contributed by atoms with van der Waals surface area (Å²) in [5.41, 5.74) is 5.58. The van der Waals surface area contributed by atoms with Crippen LogP contribution < -0.4 is 5.73 Å². The molecule has 1 aliphatic heterocycles. The van der Waals surface area contributed by atoms with Crippen LogP contribution in [0.15, 0.2) is 0 Å². The molecule has 0 aromatic rings. The van der Waals surface area contributed by atoms with Gasteiger partial charge in [-0.3, -0.25) is 9.69 Å². The van der Waals surface area contributed by atoms with Crippen molar-refractivity contribution in [3.8, 4) is 0 Å².